The van der Waals surface area contributed by atoms with Gasteiger partial charge in [0.25, 0.3) is 0 Å². The van der Waals surface area contributed by atoms with E-state index >= 15 is 0 Å². The van der Waals surface area contributed by atoms with Crippen LogP contribution in [0.2, 0.25) is 0 Å². The van der Waals surface area contributed by atoms with Gasteiger partial charge in [-0.1, -0.05) is 6.07 Å². The fourth-order valence-electron chi connectivity index (χ4n) is 2.54. The standard InChI is InChI=1S/C13H15N3O2/c17-13(18)9-3-4-14-11(7-9)10-1-2-12-15-5-6-16(12)8-10/h1-2,5-6,8-9,11,14H,3-4,7H2,(H,17,18). The topological polar surface area (TPSA) is 66.6 Å². The lowest BCUT2D eigenvalue weighted by molar-refractivity contribution is -0.143. The lowest BCUT2D eigenvalue weighted by Gasteiger charge is -2.28. The van der Waals surface area contributed by atoms with Crippen LogP contribution in [0.3, 0.4) is 0 Å². The molecule has 2 aromatic heterocycles. The average molecular weight is 245 g/mol. The molecule has 0 saturated carbocycles. The van der Waals surface area contributed by atoms with Crippen LogP contribution in [0, 0.1) is 5.92 Å². The Balaban J connectivity index is 1.86. The first-order chi connectivity index (χ1) is 8.74. The van der Waals surface area contributed by atoms with Gasteiger partial charge in [0.2, 0.25) is 0 Å². The summed E-state index contributed by atoms with van der Waals surface area (Å²) in [5.74, 6) is -0.931. The first-order valence-electron chi connectivity index (χ1n) is 6.13. The molecule has 1 saturated heterocycles. The van der Waals surface area contributed by atoms with E-state index in [9.17, 15) is 4.79 Å². The van der Waals surface area contributed by atoms with E-state index in [1.807, 2.05) is 28.9 Å². The van der Waals surface area contributed by atoms with Crippen LogP contribution in [-0.4, -0.2) is 27.0 Å². The number of fused-ring (bicyclic) bond motifs is 1. The maximum Gasteiger partial charge on any atom is 0.306 e. The highest BCUT2D eigenvalue weighted by molar-refractivity contribution is 5.70. The van der Waals surface area contributed by atoms with Gasteiger partial charge >= 0.3 is 5.97 Å². The number of hydrogen-bond donors (Lipinski definition) is 2. The summed E-state index contributed by atoms with van der Waals surface area (Å²) in [5.41, 5.74) is 2.02. The summed E-state index contributed by atoms with van der Waals surface area (Å²) in [5, 5.41) is 12.5. The molecule has 5 nitrogen and oxygen atoms in total. The van der Waals surface area contributed by atoms with Gasteiger partial charge in [-0.25, -0.2) is 4.98 Å². The zero-order valence-corrected chi connectivity index (χ0v) is 9.91. The molecule has 1 aliphatic rings. The number of imidazole rings is 1. The number of rotatable bonds is 2. The Kier molecular flexibility index (Phi) is 2.76. The van der Waals surface area contributed by atoms with Gasteiger partial charge in [0.15, 0.2) is 0 Å². The molecule has 3 heterocycles. The number of nitrogens with zero attached hydrogens (tertiary/aromatic N) is 2. The number of piperidine rings is 1. The third-order valence-electron chi connectivity index (χ3n) is 3.57. The van der Waals surface area contributed by atoms with Gasteiger partial charge in [-0.2, -0.15) is 0 Å². The van der Waals surface area contributed by atoms with Crippen molar-refractivity contribution >= 4 is 11.6 Å². The van der Waals surface area contributed by atoms with Crippen molar-refractivity contribution in [2.45, 2.75) is 18.9 Å². The Hall–Kier alpha value is -1.88. The monoisotopic (exact) mass is 245 g/mol. The number of aromatic nitrogens is 2. The number of hydrogen-bond acceptors (Lipinski definition) is 3. The molecule has 94 valence electrons. The van der Waals surface area contributed by atoms with Crippen molar-refractivity contribution in [2.24, 2.45) is 5.92 Å². The van der Waals surface area contributed by atoms with Gasteiger partial charge in [0, 0.05) is 24.6 Å². The first kappa shape index (κ1) is 11.2. The normalized spacial score (nSPS) is 24.2. The molecular formula is C13H15N3O2. The summed E-state index contributed by atoms with van der Waals surface area (Å²) < 4.78 is 1.96. The smallest absolute Gasteiger partial charge is 0.306 e. The number of pyridine rings is 1. The minimum absolute atomic E-state index is 0.117. The van der Waals surface area contributed by atoms with Crippen molar-refractivity contribution in [1.29, 1.82) is 0 Å². The molecule has 2 aromatic rings. The van der Waals surface area contributed by atoms with Gasteiger partial charge in [-0.3, -0.25) is 4.79 Å². The van der Waals surface area contributed by atoms with E-state index < -0.39 is 5.97 Å². The number of nitrogens with one attached hydrogen (secondary N) is 1. The van der Waals surface area contributed by atoms with Crippen LogP contribution >= 0.6 is 0 Å². The zero-order chi connectivity index (χ0) is 12.5. The molecule has 0 spiro atoms. The van der Waals surface area contributed by atoms with Crippen molar-refractivity contribution in [3.63, 3.8) is 0 Å². The van der Waals surface area contributed by atoms with Gasteiger partial charge in [-0.15, -0.1) is 0 Å². The minimum Gasteiger partial charge on any atom is -0.481 e. The summed E-state index contributed by atoms with van der Waals surface area (Å²) in [6.45, 7) is 0.754. The minimum atomic E-state index is -0.690. The van der Waals surface area contributed by atoms with Crippen LogP contribution in [0.1, 0.15) is 24.4 Å². The van der Waals surface area contributed by atoms with Crippen LogP contribution < -0.4 is 5.32 Å². The lowest BCUT2D eigenvalue weighted by Crippen LogP contribution is -2.35. The van der Waals surface area contributed by atoms with Crippen LogP contribution in [0.15, 0.2) is 30.7 Å². The highest BCUT2D eigenvalue weighted by atomic mass is 16.4. The fourth-order valence-corrected chi connectivity index (χ4v) is 2.54. The molecule has 5 heteroatoms. The second kappa shape index (κ2) is 4.42. The van der Waals surface area contributed by atoms with Crippen LogP contribution in [0.25, 0.3) is 5.65 Å². The summed E-state index contributed by atoms with van der Waals surface area (Å²) in [6.07, 6.45) is 7.03. The molecule has 1 fully saturated rings. The average Bonchev–Trinajstić information content (AvgIpc) is 2.86. The second-order valence-electron chi connectivity index (χ2n) is 4.72. The summed E-state index contributed by atoms with van der Waals surface area (Å²) >= 11 is 0. The van der Waals surface area contributed by atoms with Crippen LogP contribution in [-0.2, 0) is 4.79 Å². The van der Waals surface area contributed by atoms with Crippen molar-refractivity contribution in [3.8, 4) is 0 Å². The van der Waals surface area contributed by atoms with Gasteiger partial charge in [0.1, 0.15) is 5.65 Å². The van der Waals surface area contributed by atoms with E-state index in [-0.39, 0.29) is 12.0 Å². The molecule has 0 aliphatic carbocycles. The van der Waals surface area contributed by atoms with E-state index in [1.165, 1.54) is 0 Å². The molecule has 2 N–H and O–H groups in total. The molecule has 0 aromatic carbocycles. The number of carboxylic acid groups (broad SMARTS) is 1. The highest BCUT2D eigenvalue weighted by Gasteiger charge is 2.27. The van der Waals surface area contributed by atoms with Gasteiger partial charge in [0.05, 0.1) is 5.92 Å². The van der Waals surface area contributed by atoms with Gasteiger partial charge < -0.3 is 14.8 Å². The summed E-state index contributed by atoms with van der Waals surface area (Å²) in [6, 6.07) is 4.10. The van der Waals surface area contributed by atoms with E-state index in [0.717, 1.165) is 17.8 Å². The highest BCUT2D eigenvalue weighted by Crippen LogP contribution is 2.27. The fraction of sp³-hybridized carbons (Fsp3) is 0.385. The Labute approximate surface area is 104 Å². The largest absolute Gasteiger partial charge is 0.481 e. The second-order valence-corrected chi connectivity index (χ2v) is 4.72. The molecule has 2 unspecified atom stereocenters. The van der Waals surface area contributed by atoms with Crippen molar-refractivity contribution < 1.29 is 9.90 Å². The summed E-state index contributed by atoms with van der Waals surface area (Å²) in [7, 11) is 0. The SMILES string of the molecule is O=C(O)C1CCNC(c2ccc3nccn3c2)C1. The van der Waals surface area contributed by atoms with Crippen LogP contribution in [0.5, 0.6) is 0 Å². The maximum absolute atomic E-state index is 11.1. The predicted octanol–water partition coefficient (Wildman–Crippen LogP) is 1.46. The predicted molar refractivity (Wildman–Crippen MR) is 66.3 cm³/mol. The molecule has 2 atom stereocenters. The first-order valence-corrected chi connectivity index (χ1v) is 6.13. The Morgan fingerprint density at radius 3 is 3.22 bits per heavy atom. The number of aliphatic carboxylic acids is 1. The Morgan fingerprint density at radius 2 is 2.39 bits per heavy atom. The molecular weight excluding hydrogens is 230 g/mol. The van der Waals surface area contributed by atoms with E-state index in [2.05, 4.69) is 10.3 Å². The Bertz CT molecular complexity index is 578. The lowest BCUT2D eigenvalue weighted by atomic mass is 9.89. The quantitative estimate of drug-likeness (QED) is 0.840. The molecule has 1 aliphatic heterocycles. The van der Waals surface area contributed by atoms with Gasteiger partial charge in [-0.05, 0) is 31.0 Å². The van der Waals surface area contributed by atoms with Crippen LogP contribution in [0.4, 0.5) is 0 Å². The zero-order valence-electron chi connectivity index (χ0n) is 9.91. The van der Waals surface area contributed by atoms with Crippen molar-refractivity contribution in [2.75, 3.05) is 6.54 Å². The molecule has 0 bridgehead atoms. The molecule has 0 amide bonds. The van der Waals surface area contributed by atoms with E-state index in [1.54, 1.807) is 6.20 Å². The molecule has 3 rings (SSSR count). The van der Waals surface area contributed by atoms with E-state index in [4.69, 9.17) is 5.11 Å². The number of carboxylic acids is 1. The Morgan fingerprint density at radius 1 is 1.50 bits per heavy atom. The maximum atomic E-state index is 11.1. The molecule has 0 radical (unpaired) electrons. The van der Waals surface area contributed by atoms with E-state index in [0.29, 0.717) is 12.8 Å². The van der Waals surface area contributed by atoms with Crippen molar-refractivity contribution in [1.82, 2.24) is 14.7 Å². The third-order valence-corrected chi connectivity index (χ3v) is 3.57. The number of carbonyl (C=O) groups is 1. The molecule has 18 heavy (non-hydrogen) atoms. The summed E-state index contributed by atoms with van der Waals surface area (Å²) in [4.78, 5) is 15.3. The third kappa shape index (κ3) is 1.97. The van der Waals surface area contributed by atoms with Crippen molar-refractivity contribution in [3.05, 3.63) is 36.3 Å².